The van der Waals surface area contributed by atoms with Crippen LogP contribution in [0.5, 0.6) is 0 Å². The van der Waals surface area contributed by atoms with Crippen molar-refractivity contribution in [2.24, 2.45) is 0 Å². The molecule has 0 fully saturated rings. The summed E-state index contributed by atoms with van der Waals surface area (Å²) in [6, 6.07) is 0. The van der Waals surface area contributed by atoms with Crippen LogP contribution in [0.15, 0.2) is 42.0 Å². The molecule has 2 nitrogen and oxygen atoms in total. The standard InChI is InChI=1S/2C11H19OSi.C2H4.2ClH.Zr/c2*1-13(2,3)12-10-6-9-11-7-4-5-8-11;1-2;;;/h2*4,7H,5-6,9-10H2,1-3H3;1H,2H3;2*1H;. The molecule has 2 aliphatic rings. The van der Waals surface area contributed by atoms with Crippen molar-refractivity contribution in [1.82, 2.24) is 0 Å². The molecule has 0 radical (unpaired) electrons. The van der Waals surface area contributed by atoms with Crippen molar-refractivity contribution in [3.63, 3.8) is 0 Å². The first-order chi connectivity index (χ1) is 13.6. The first-order valence-electron chi connectivity index (χ1n) is 11.3. The third-order valence-corrected chi connectivity index (χ3v) is 14.6. The van der Waals surface area contributed by atoms with Crippen molar-refractivity contribution >= 4 is 45.2 Å². The first kappa shape index (κ1) is 31.6. The SMILES string of the molecule is C[CH]=[Zr]([C]1=C(CCCO[Si](C)(C)C)C=CC1)[C]1=C(CCCO[Si](C)(C)C)C=CC1.Cl.Cl. The van der Waals surface area contributed by atoms with Crippen LogP contribution in [0.25, 0.3) is 0 Å². The molecule has 31 heavy (non-hydrogen) atoms. The quantitative estimate of drug-likeness (QED) is 0.172. The van der Waals surface area contributed by atoms with Crippen LogP contribution in [0.4, 0.5) is 0 Å². The Morgan fingerprint density at radius 3 is 1.48 bits per heavy atom. The van der Waals surface area contributed by atoms with E-state index >= 15 is 0 Å². The molecular weight excluding hydrogens is 539 g/mol. The molecule has 2 aliphatic carbocycles. The van der Waals surface area contributed by atoms with Gasteiger partial charge in [-0.2, -0.15) is 0 Å². The molecule has 0 unspecified atom stereocenters. The summed E-state index contributed by atoms with van der Waals surface area (Å²) in [4.78, 5) is 0. The maximum absolute atomic E-state index is 6.08. The summed E-state index contributed by atoms with van der Waals surface area (Å²) in [6.07, 6.45) is 16.7. The van der Waals surface area contributed by atoms with Crippen LogP contribution in [0, 0.1) is 0 Å². The molecule has 2 rings (SSSR count). The monoisotopic (exact) mass is 580 g/mol. The van der Waals surface area contributed by atoms with Crippen molar-refractivity contribution in [2.75, 3.05) is 13.2 Å². The van der Waals surface area contributed by atoms with E-state index in [4.69, 9.17) is 8.85 Å². The van der Waals surface area contributed by atoms with Gasteiger partial charge in [-0.05, 0) is 0 Å². The van der Waals surface area contributed by atoms with Gasteiger partial charge >= 0.3 is 190 Å². The van der Waals surface area contributed by atoms with Gasteiger partial charge in [0.1, 0.15) is 0 Å². The van der Waals surface area contributed by atoms with Gasteiger partial charge in [0.15, 0.2) is 0 Å². The van der Waals surface area contributed by atoms with E-state index in [1.54, 1.807) is 11.1 Å². The van der Waals surface area contributed by atoms with Crippen molar-refractivity contribution < 1.29 is 30.1 Å². The molecule has 0 aromatic heterocycles. The normalized spacial score (nSPS) is 16.0. The molecule has 0 aromatic rings. The average Bonchev–Trinajstić information content (AvgIpc) is 3.25. The van der Waals surface area contributed by atoms with E-state index in [2.05, 4.69) is 74.2 Å². The van der Waals surface area contributed by atoms with Crippen LogP contribution in [0.3, 0.4) is 0 Å². The zero-order valence-corrected chi connectivity index (χ0v) is 26.8. The molecule has 0 bridgehead atoms. The summed E-state index contributed by atoms with van der Waals surface area (Å²) in [5, 5.41) is 0. The fourth-order valence-electron chi connectivity index (χ4n) is 3.95. The minimum absolute atomic E-state index is 0. The van der Waals surface area contributed by atoms with E-state index in [0.717, 1.165) is 26.1 Å². The summed E-state index contributed by atoms with van der Waals surface area (Å²) in [7, 11) is -2.78. The maximum atomic E-state index is 6.08. The van der Waals surface area contributed by atoms with Gasteiger partial charge in [-0.25, -0.2) is 0 Å². The molecule has 0 heterocycles. The van der Waals surface area contributed by atoms with E-state index in [9.17, 15) is 0 Å². The molecular formula is C24H44Cl2O2Si2Zr. The van der Waals surface area contributed by atoms with E-state index in [1.165, 1.54) is 25.7 Å². The Kier molecular flexibility index (Phi) is 15.1. The zero-order valence-electron chi connectivity index (χ0n) is 20.7. The number of hydrogen-bond acceptors (Lipinski definition) is 2. The zero-order chi connectivity index (χ0) is 21.5. The first-order valence-corrected chi connectivity index (χ1v) is 22.0. The minimum Gasteiger partial charge on any atom is -0.147 e. The van der Waals surface area contributed by atoms with Crippen LogP contribution in [-0.4, -0.2) is 33.6 Å². The van der Waals surface area contributed by atoms with Crippen molar-refractivity contribution in [3.8, 4) is 0 Å². The van der Waals surface area contributed by atoms with Crippen LogP contribution >= 0.6 is 24.8 Å². The molecule has 0 aromatic carbocycles. The van der Waals surface area contributed by atoms with Gasteiger partial charge in [0.2, 0.25) is 0 Å². The van der Waals surface area contributed by atoms with E-state index in [0.29, 0.717) is 0 Å². The fourth-order valence-corrected chi connectivity index (χ4v) is 12.5. The summed E-state index contributed by atoms with van der Waals surface area (Å²) in [5.74, 6) is 0. The molecule has 0 spiro atoms. The van der Waals surface area contributed by atoms with Crippen molar-refractivity contribution in [3.05, 3.63) is 42.0 Å². The Labute approximate surface area is 213 Å². The molecule has 0 saturated carbocycles. The number of hydrogen-bond donors (Lipinski definition) is 0. The fraction of sp³-hybridized carbons (Fsp3) is 0.625. The molecule has 7 heteroatoms. The molecule has 0 aliphatic heterocycles. The van der Waals surface area contributed by atoms with Gasteiger partial charge in [0, 0.05) is 0 Å². The molecule has 0 atom stereocenters. The minimum atomic E-state index is -1.84. The Balaban J connectivity index is 0.00000450. The predicted molar refractivity (Wildman–Crippen MR) is 145 cm³/mol. The molecule has 178 valence electrons. The van der Waals surface area contributed by atoms with Gasteiger partial charge in [0.25, 0.3) is 0 Å². The summed E-state index contributed by atoms with van der Waals surface area (Å²) >= 11 is -1.84. The largest absolute Gasteiger partial charge is 0.147 e. The topological polar surface area (TPSA) is 18.5 Å². The van der Waals surface area contributed by atoms with Crippen LogP contribution in [-0.2, 0) is 30.1 Å². The predicted octanol–water partition coefficient (Wildman–Crippen LogP) is 7.96. The van der Waals surface area contributed by atoms with E-state index in [-0.39, 0.29) is 24.8 Å². The number of rotatable bonds is 12. The molecule has 0 saturated heterocycles. The Bertz CT molecular complexity index is 669. The second kappa shape index (κ2) is 14.8. The van der Waals surface area contributed by atoms with Crippen LogP contribution in [0.2, 0.25) is 39.3 Å². The molecule has 0 N–H and O–H groups in total. The Morgan fingerprint density at radius 2 is 1.16 bits per heavy atom. The molecule has 0 amide bonds. The van der Waals surface area contributed by atoms with E-state index < -0.39 is 37.9 Å². The second-order valence-electron chi connectivity index (χ2n) is 10.1. The van der Waals surface area contributed by atoms with Crippen LogP contribution < -0.4 is 0 Å². The van der Waals surface area contributed by atoms with E-state index in [1.807, 2.05) is 6.56 Å². The maximum Gasteiger partial charge on any atom is -0.147 e. The third-order valence-electron chi connectivity index (χ3n) is 5.25. The summed E-state index contributed by atoms with van der Waals surface area (Å²) in [6.45, 7) is 17.8. The Hall–Kier alpha value is 0.647. The average molecular weight is 583 g/mol. The third kappa shape index (κ3) is 11.6. The van der Waals surface area contributed by atoms with Gasteiger partial charge in [-0.15, -0.1) is 24.8 Å². The van der Waals surface area contributed by atoms with Crippen molar-refractivity contribution in [2.45, 2.75) is 84.7 Å². The van der Waals surface area contributed by atoms with Gasteiger partial charge in [-0.3, -0.25) is 0 Å². The Morgan fingerprint density at radius 1 is 0.774 bits per heavy atom. The van der Waals surface area contributed by atoms with Crippen molar-refractivity contribution in [1.29, 1.82) is 0 Å². The number of halogens is 2. The van der Waals surface area contributed by atoms with Gasteiger partial charge in [-0.1, -0.05) is 0 Å². The second-order valence-corrected chi connectivity index (χ2v) is 25.5. The smallest absolute Gasteiger partial charge is 0.147 e. The summed E-state index contributed by atoms with van der Waals surface area (Å²) in [5.41, 5.74) is 3.27. The summed E-state index contributed by atoms with van der Waals surface area (Å²) < 4.78 is 18.4. The van der Waals surface area contributed by atoms with Gasteiger partial charge < -0.3 is 0 Å². The number of allylic oxidation sites excluding steroid dienone is 8. The van der Waals surface area contributed by atoms with Gasteiger partial charge in [0.05, 0.1) is 0 Å². The van der Waals surface area contributed by atoms with Crippen LogP contribution in [0.1, 0.15) is 45.4 Å².